The number of allylic oxidation sites excluding steroid dienone is 5. The van der Waals surface area contributed by atoms with Gasteiger partial charge in [-0.3, -0.25) is 19.2 Å². The first kappa shape index (κ1) is 22.6. The van der Waals surface area contributed by atoms with Crippen molar-refractivity contribution >= 4 is 23.5 Å². The van der Waals surface area contributed by atoms with Gasteiger partial charge < -0.3 is 9.47 Å². The van der Waals surface area contributed by atoms with Gasteiger partial charge in [0.15, 0.2) is 18.2 Å². The average Bonchev–Trinajstić information content (AvgIpc) is 3.09. The van der Waals surface area contributed by atoms with Crippen LogP contribution in [-0.2, 0) is 28.7 Å². The minimum absolute atomic E-state index is 0.111. The summed E-state index contributed by atoms with van der Waals surface area (Å²) in [5.74, 6) is -3.47. The van der Waals surface area contributed by atoms with Gasteiger partial charge in [-0.05, 0) is 56.6 Å². The second-order valence-electron chi connectivity index (χ2n) is 9.88. The maximum atomic E-state index is 17.5. The second-order valence-corrected chi connectivity index (χ2v) is 9.88. The van der Waals surface area contributed by atoms with Crippen LogP contribution in [0.4, 0.5) is 4.39 Å². The zero-order valence-electron chi connectivity index (χ0n) is 18.9. The summed E-state index contributed by atoms with van der Waals surface area (Å²) in [5.41, 5.74) is -2.58. The molecule has 4 aliphatic carbocycles. The summed E-state index contributed by atoms with van der Waals surface area (Å²) in [6.07, 6.45) is 7.98. The van der Waals surface area contributed by atoms with Crippen LogP contribution in [0.5, 0.6) is 0 Å². The lowest BCUT2D eigenvalue weighted by molar-refractivity contribution is -0.186. The quantitative estimate of drug-likeness (QED) is 0.618. The third-order valence-electron chi connectivity index (χ3n) is 8.45. The van der Waals surface area contributed by atoms with E-state index in [2.05, 4.69) is 0 Å². The van der Waals surface area contributed by atoms with Crippen molar-refractivity contribution in [2.24, 2.45) is 28.6 Å². The first-order valence-electron chi connectivity index (χ1n) is 11.1. The van der Waals surface area contributed by atoms with Crippen LogP contribution in [0.2, 0.25) is 0 Å². The first-order chi connectivity index (χ1) is 15.0. The monoisotopic (exact) mass is 444 g/mol. The number of hydrogen-bond donors (Lipinski definition) is 0. The second kappa shape index (κ2) is 7.49. The standard InChI is InChI=1S/C25H29FO6/c1-14(27)32-13-21(29)19-8-7-17-18-6-5-15-11-16(28)9-10-24(15,3)25(18,26)20(22(30)31-4)12-23(17,19)2/h8-11,17-18,20H,5-7,12-13H2,1-4H3/t17-,18+,20+,23+,24+,25+/m1/s1. The van der Waals surface area contributed by atoms with Gasteiger partial charge in [0.05, 0.1) is 13.0 Å². The number of alkyl halides is 1. The number of Topliss-reactive ketones (excluding diaryl/α,β-unsaturated/α-hetero) is 1. The van der Waals surface area contributed by atoms with E-state index in [1.165, 1.54) is 26.2 Å². The molecule has 0 heterocycles. The van der Waals surface area contributed by atoms with Gasteiger partial charge in [-0.15, -0.1) is 0 Å². The first-order valence-corrected chi connectivity index (χ1v) is 11.1. The van der Waals surface area contributed by atoms with Crippen molar-refractivity contribution in [2.45, 2.75) is 52.1 Å². The van der Waals surface area contributed by atoms with Crippen LogP contribution in [0.3, 0.4) is 0 Å². The lowest BCUT2D eigenvalue weighted by atomic mass is 9.43. The normalized spacial score (nSPS) is 39.8. The highest BCUT2D eigenvalue weighted by Crippen LogP contribution is 2.69. The predicted octanol–water partition coefficient (Wildman–Crippen LogP) is 3.45. The number of ether oxygens (including phenoxy) is 2. The van der Waals surface area contributed by atoms with Crippen molar-refractivity contribution in [3.63, 3.8) is 0 Å². The summed E-state index contributed by atoms with van der Waals surface area (Å²) >= 11 is 0. The summed E-state index contributed by atoms with van der Waals surface area (Å²) in [6.45, 7) is 4.54. The number of carbonyl (C=O) groups excluding carboxylic acids is 4. The van der Waals surface area contributed by atoms with Crippen LogP contribution in [-0.4, -0.2) is 42.9 Å². The van der Waals surface area contributed by atoms with E-state index in [9.17, 15) is 19.2 Å². The van der Waals surface area contributed by atoms with E-state index in [-0.39, 0.29) is 30.5 Å². The highest BCUT2D eigenvalue weighted by atomic mass is 19.1. The van der Waals surface area contributed by atoms with Gasteiger partial charge in [0.25, 0.3) is 0 Å². The smallest absolute Gasteiger partial charge is 0.312 e. The molecule has 2 fully saturated rings. The highest BCUT2D eigenvalue weighted by molar-refractivity contribution is 6.01. The molecule has 0 aromatic heterocycles. The maximum absolute atomic E-state index is 17.5. The Morgan fingerprint density at radius 1 is 1.22 bits per heavy atom. The lowest BCUT2D eigenvalue weighted by Crippen LogP contribution is -2.66. The van der Waals surface area contributed by atoms with Gasteiger partial charge in [0.1, 0.15) is 5.67 Å². The third-order valence-corrected chi connectivity index (χ3v) is 8.45. The van der Waals surface area contributed by atoms with Crippen molar-refractivity contribution in [2.75, 3.05) is 13.7 Å². The topological polar surface area (TPSA) is 86.7 Å². The largest absolute Gasteiger partial charge is 0.469 e. The van der Waals surface area contributed by atoms with E-state index < -0.39 is 40.3 Å². The molecule has 0 radical (unpaired) electrons. The maximum Gasteiger partial charge on any atom is 0.312 e. The fourth-order valence-corrected chi connectivity index (χ4v) is 6.91. The summed E-state index contributed by atoms with van der Waals surface area (Å²) in [4.78, 5) is 49.1. The summed E-state index contributed by atoms with van der Waals surface area (Å²) in [7, 11) is 1.24. The van der Waals surface area contributed by atoms with E-state index in [4.69, 9.17) is 9.47 Å². The number of fused-ring (bicyclic) bond motifs is 5. The SMILES string of the molecule is COC(=O)[C@@H]1C[C@]2(C)C(C(=O)COC(C)=O)=CC[C@@H]2[C@@H]2CCC3=CC(=O)C=C[C@]3(C)[C@@]12F. The van der Waals surface area contributed by atoms with E-state index in [0.717, 1.165) is 0 Å². The number of halogens is 1. The Labute approximate surface area is 186 Å². The molecule has 0 aliphatic heterocycles. The fraction of sp³-hybridized carbons (Fsp3) is 0.600. The summed E-state index contributed by atoms with van der Waals surface area (Å²) in [6, 6.07) is 0. The number of hydrogen-bond acceptors (Lipinski definition) is 6. The number of rotatable bonds is 4. The van der Waals surface area contributed by atoms with E-state index in [1.807, 2.05) is 13.0 Å². The van der Waals surface area contributed by atoms with Gasteiger partial charge in [-0.25, -0.2) is 4.39 Å². The van der Waals surface area contributed by atoms with Gasteiger partial charge >= 0.3 is 11.9 Å². The van der Waals surface area contributed by atoms with Gasteiger partial charge in [-0.2, -0.15) is 0 Å². The van der Waals surface area contributed by atoms with Gasteiger partial charge in [0.2, 0.25) is 0 Å². The van der Waals surface area contributed by atoms with E-state index in [1.54, 1.807) is 13.0 Å². The molecule has 0 aromatic carbocycles. The molecule has 0 saturated heterocycles. The van der Waals surface area contributed by atoms with Crippen LogP contribution < -0.4 is 0 Å². The van der Waals surface area contributed by atoms with Crippen molar-refractivity contribution in [3.8, 4) is 0 Å². The van der Waals surface area contributed by atoms with Crippen LogP contribution in [0.25, 0.3) is 0 Å². The van der Waals surface area contributed by atoms with Crippen molar-refractivity contribution in [3.05, 3.63) is 35.5 Å². The zero-order valence-corrected chi connectivity index (χ0v) is 18.9. The number of methoxy groups -OCH3 is 1. The Balaban J connectivity index is 1.78. The molecule has 4 rings (SSSR count). The van der Waals surface area contributed by atoms with Crippen LogP contribution >= 0.6 is 0 Å². The van der Waals surface area contributed by atoms with Gasteiger partial charge in [0, 0.05) is 23.3 Å². The lowest BCUT2D eigenvalue weighted by Gasteiger charge is -2.62. The van der Waals surface area contributed by atoms with Crippen LogP contribution in [0.15, 0.2) is 35.5 Å². The van der Waals surface area contributed by atoms with Crippen molar-refractivity contribution in [1.29, 1.82) is 0 Å². The molecular weight excluding hydrogens is 415 g/mol. The molecule has 6 atom stereocenters. The van der Waals surface area contributed by atoms with Gasteiger partial charge in [-0.1, -0.05) is 24.6 Å². The summed E-state index contributed by atoms with van der Waals surface area (Å²) in [5, 5.41) is 0. The molecule has 6 nitrogen and oxygen atoms in total. The molecule has 0 N–H and O–H groups in total. The molecule has 32 heavy (non-hydrogen) atoms. The molecule has 7 heteroatoms. The number of carbonyl (C=O) groups is 4. The van der Waals surface area contributed by atoms with Crippen molar-refractivity contribution in [1.82, 2.24) is 0 Å². The molecule has 0 unspecified atom stereocenters. The Bertz CT molecular complexity index is 992. The van der Waals surface area contributed by atoms with E-state index in [0.29, 0.717) is 30.4 Å². The van der Waals surface area contributed by atoms with Crippen LogP contribution in [0, 0.1) is 28.6 Å². The number of ketones is 2. The van der Waals surface area contributed by atoms with E-state index >= 15 is 4.39 Å². The molecular formula is C25H29FO6. The molecule has 0 spiro atoms. The Morgan fingerprint density at radius 2 is 1.94 bits per heavy atom. The highest BCUT2D eigenvalue weighted by Gasteiger charge is 2.71. The molecule has 0 amide bonds. The Kier molecular flexibility index (Phi) is 5.30. The fourth-order valence-electron chi connectivity index (χ4n) is 6.91. The molecule has 0 bridgehead atoms. The van der Waals surface area contributed by atoms with Crippen molar-refractivity contribution < 1.29 is 33.0 Å². The predicted molar refractivity (Wildman–Crippen MR) is 113 cm³/mol. The number of esters is 2. The van der Waals surface area contributed by atoms with Crippen LogP contribution in [0.1, 0.15) is 46.5 Å². The summed E-state index contributed by atoms with van der Waals surface area (Å²) < 4.78 is 27.4. The molecule has 2 saturated carbocycles. The Morgan fingerprint density at radius 3 is 2.59 bits per heavy atom. The molecule has 172 valence electrons. The minimum atomic E-state index is -1.95. The third kappa shape index (κ3) is 2.96. The average molecular weight is 444 g/mol. The molecule has 0 aromatic rings. The zero-order chi connectivity index (χ0) is 23.5. The molecule has 4 aliphatic rings. The minimum Gasteiger partial charge on any atom is -0.469 e. The Hall–Kier alpha value is -2.57.